The smallest absolute Gasteiger partial charge is 0.326 e. The molecule has 0 aliphatic heterocycles. The summed E-state index contributed by atoms with van der Waals surface area (Å²) in [6, 6.07) is 3.02. The number of carbonyl (C=O) groups is 2. The molecule has 0 fully saturated rings. The molecule has 0 saturated heterocycles. The number of amides is 1. The van der Waals surface area contributed by atoms with Crippen LogP contribution in [-0.4, -0.2) is 27.9 Å². The first-order chi connectivity index (χ1) is 9.23. The predicted molar refractivity (Wildman–Crippen MR) is 71.6 cm³/mol. The molecule has 0 aromatic heterocycles. The van der Waals surface area contributed by atoms with E-state index in [9.17, 15) is 19.7 Å². The van der Waals surface area contributed by atoms with Gasteiger partial charge in [-0.25, -0.2) is 4.79 Å². The largest absolute Gasteiger partial charge is 0.480 e. The Labute approximate surface area is 115 Å². The molecule has 1 atom stereocenters. The van der Waals surface area contributed by atoms with Gasteiger partial charge in [0.25, 0.3) is 11.6 Å². The van der Waals surface area contributed by atoms with Crippen LogP contribution in [0.15, 0.2) is 18.2 Å². The molecule has 0 heterocycles. The van der Waals surface area contributed by atoms with Gasteiger partial charge in [-0.2, -0.15) is 0 Å². The number of carbonyl (C=O) groups excluding carboxylic acids is 1. The highest BCUT2D eigenvalue weighted by atomic mass is 16.6. The first kappa shape index (κ1) is 15.6. The van der Waals surface area contributed by atoms with Gasteiger partial charge in [-0.05, 0) is 24.5 Å². The number of nitrogens with one attached hydrogen (secondary N) is 1. The van der Waals surface area contributed by atoms with E-state index in [-0.39, 0.29) is 17.2 Å². The van der Waals surface area contributed by atoms with Gasteiger partial charge in [0.1, 0.15) is 11.6 Å². The zero-order valence-electron chi connectivity index (χ0n) is 11.4. The van der Waals surface area contributed by atoms with E-state index in [2.05, 4.69) is 5.32 Å². The lowest BCUT2D eigenvalue weighted by Gasteiger charge is -2.17. The predicted octanol–water partition coefficient (Wildman–Crippen LogP) is 1.74. The van der Waals surface area contributed by atoms with Crippen LogP contribution in [0.5, 0.6) is 0 Å². The van der Waals surface area contributed by atoms with Crippen LogP contribution >= 0.6 is 0 Å². The third kappa shape index (κ3) is 3.53. The fraction of sp³-hybridized carbons (Fsp3) is 0.385. The Morgan fingerprint density at radius 1 is 1.35 bits per heavy atom. The summed E-state index contributed by atoms with van der Waals surface area (Å²) in [7, 11) is 0. The average molecular weight is 280 g/mol. The average Bonchev–Trinajstić information content (AvgIpc) is 2.34. The minimum Gasteiger partial charge on any atom is -0.480 e. The highest BCUT2D eigenvalue weighted by Gasteiger charge is 2.27. The quantitative estimate of drug-likeness (QED) is 0.630. The number of nitrogens with zero attached hydrogens (tertiary/aromatic N) is 1. The van der Waals surface area contributed by atoms with Crippen molar-refractivity contribution in [3.63, 3.8) is 0 Å². The Morgan fingerprint density at radius 3 is 2.40 bits per heavy atom. The number of nitro groups is 1. The molecule has 7 heteroatoms. The van der Waals surface area contributed by atoms with Crippen LogP contribution in [-0.2, 0) is 4.79 Å². The van der Waals surface area contributed by atoms with Crippen LogP contribution in [0, 0.1) is 23.0 Å². The Bertz CT molecular complexity index is 554. The highest BCUT2D eigenvalue weighted by molar-refractivity contribution is 6.00. The number of rotatable bonds is 5. The second kappa shape index (κ2) is 6.14. The number of hydrogen-bond donors (Lipinski definition) is 2. The SMILES string of the molecule is Cc1ccc([N+](=O)[O-])c(C(=O)N[C@@H](C(=O)O)C(C)C)c1. The van der Waals surface area contributed by atoms with Crippen molar-refractivity contribution in [2.45, 2.75) is 26.8 Å². The number of aryl methyl sites for hydroxylation is 1. The van der Waals surface area contributed by atoms with Gasteiger partial charge >= 0.3 is 5.97 Å². The third-order valence-corrected chi connectivity index (χ3v) is 2.81. The van der Waals surface area contributed by atoms with Crippen LogP contribution in [0.1, 0.15) is 29.8 Å². The lowest BCUT2D eigenvalue weighted by Crippen LogP contribution is -2.44. The van der Waals surface area contributed by atoms with E-state index in [0.717, 1.165) is 0 Å². The molecule has 7 nitrogen and oxygen atoms in total. The van der Waals surface area contributed by atoms with E-state index in [4.69, 9.17) is 5.11 Å². The molecule has 108 valence electrons. The van der Waals surface area contributed by atoms with Crippen molar-refractivity contribution in [2.24, 2.45) is 5.92 Å². The molecule has 1 amide bonds. The van der Waals surface area contributed by atoms with Crippen LogP contribution in [0.4, 0.5) is 5.69 Å². The van der Waals surface area contributed by atoms with Gasteiger partial charge in [-0.1, -0.05) is 19.9 Å². The van der Waals surface area contributed by atoms with Crippen molar-refractivity contribution in [1.29, 1.82) is 0 Å². The molecule has 0 spiro atoms. The molecule has 0 radical (unpaired) electrons. The maximum absolute atomic E-state index is 12.1. The Morgan fingerprint density at radius 2 is 1.95 bits per heavy atom. The molecule has 1 aromatic rings. The Balaban J connectivity index is 3.11. The van der Waals surface area contributed by atoms with Crippen molar-refractivity contribution in [2.75, 3.05) is 0 Å². The van der Waals surface area contributed by atoms with E-state index in [0.29, 0.717) is 5.56 Å². The normalized spacial score (nSPS) is 12.0. The molecule has 20 heavy (non-hydrogen) atoms. The van der Waals surface area contributed by atoms with Crippen LogP contribution in [0.25, 0.3) is 0 Å². The molecule has 0 aliphatic carbocycles. The monoisotopic (exact) mass is 280 g/mol. The van der Waals surface area contributed by atoms with Crippen LogP contribution in [0.3, 0.4) is 0 Å². The maximum Gasteiger partial charge on any atom is 0.326 e. The van der Waals surface area contributed by atoms with E-state index in [1.54, 1.807) is 20.8 Å². The second-order valence-electron chi connectivity index (χ2n) is 4.81. The fourth-order valence-electron chi connectivity index (χ4n) is 1.72. The molecule has 1 aromatic carbocycles. The summed E-state index contributed by atoms with van der Waals surface area (Å²) >= 11 is 0. The molecule has 0 unspecified atom stereocenters. The molecule has 1 rings (SSSR count). The number of carboxylic acids is 1. The van der Waals surface area contributed by atoms with E-state index in [1.807, 2.05) is 0 Å². The Kier molecular flexibility index (Phi) is 4.79. The molecular weight excluding hydrogens is 264 g/mol. The van der Waals surface area contributed by atoms with Crippen LogP contribution < -0.4 is 5.32 Å². The summed E-state index contributed by atoms with van der Waals surface area (Å²) in [5.41, 5.74) is 0.195. The minimum absolute atomic E-state index is 0.137. The summed E-state index contributed by atoms with van der Waals surface area (Å²) in [5.74, 6) is -2.27. The highest BCUT2D eigenvalue weighted by Crippen LogP contribution is 2.20. The molecule has 0 saturated carbocycles. The van der Waals surface area contributed by atoms with Crippen molar-refractivity contribution in [3.8, 4) is 0 Å². The van der Waals surface area contributed by atoms with Gasteiger partial charge in [0.15, 0.2) is 0 Å². The van der Waals surface area contributed by atoms with Crippen LogP contribution in [0.2, 0.25) is 0 Å². The Hall–Kier alpha value is -2.44. The number of benzene rings is 1. The summed E-state index contributed by atoms with van der Waals surface area (Å²) in [6.45, 7) is 4.98. The summed E-state index contributed by atoms with van der Waals surface area (Å²) < 4.78 is 0. The molecule has 0 bridgehead atoms. The van der Waals surface area contributed by atoms with Gasteiger partial charge in [0.2, 0.25) is 0 Å². The zero-order chi connectivity index (χ0) is 15.4. The molecule has 0 aliphatic rings. The zero-order valence-corrected chi connectivity index (χ0v) is 11.4. The molecular formula is C13H16N2O5. The van der Waals surface area contributed by atoms with Crippen molar-refractivity contribution < 1.29 is 19.6 Å². The van der Waals surface area contributed by atoms with E-state index < -0.39 is 22.8 Å². The lowest BCUT2D eigenvalue weighted by atomic mass is 10.0. The first-order valence-corrected chi connectivity index (χ1v) is 6.02. The number of aliphatic carboxylic acids is 1. The van der Waals surface area contributed by atoms with Gasteiger partial charge in [0, 0.05) is 6.07 Å². The van der Waals surface area contributed by atoms with Crippen molar-refractivity contribution >= 4 is 17.6 Å². The number of carboxylic acid groups (broad SMARTS) is 1. The summed E-state index contributed by atoms with van der Waals surface area (Å²) in [5, 5.41) is 22.2. The van der Waals surface area contributed by atoms with Gasteiger partial charge in [-0.3, -0.25) is 14.9 Å². The van der Waals surface area contributed by atoms with Crippen molar-refractivity contribution in [1.82, 2.24) is 5.32 Å². The second-order valence-corrected chi connectivity index (χ2v) is 4.81. The number of nitro benzene ring substituents is 1. The minimum atomic E-state index is -1.18. The summed E-state index contributed by atoms with van der Waals surface area (Å²) in [4.78, 5) is 33.3. The van der Waals surface area contributed by atoms with E-state index >= 15 is 0 Å². The standard InChI is InChI=1S/C13H16N2O5/c1-7(2)11(13(17)18)14-12(16)9-6-8(3)4-5-10(9)15(19)20/h4-7,11H,1-3H3,(H,14,16)(H,17,18)/t11-/m1/s1. The molecule has 2 N–H and O–H groups in total. The van der Waals surface area contributed by atoms with E-state index in [1.165, 1.54) is 18.2 Å². The van der Waals surface area contributed by atoms with Gasteiger partial charge in [-0.15, -0.1) is 0 Å². The topological polar surface area (TPSA) is 110 Å². The van der Waals surface area contributed by atoms with Gasteiger partial charge in [0.05, 0.1) is 4.92 Å². The third-order valence-electron chi connectivity index (χ3n) is 2.81. The van der Waals surface area contributed by atoms with Gasteiger partial charge < -0.3 is 10.4 Å². The number of hydrogen-bond acceptors (Lipinski definition) is 4. The fourth-order valence-corrected chi connectivity index (χ4v) is 1.72. The maximum atomic E-state index is 12.1. The summed E-state index contributed by atoms with van der Waals surface area (Å²) in [6.07, 6.45) is 0. The van der Waals surface area contributed by atoms with Crippen molar-refractivity contribution in [3.05, 3.63) is 39.4 Å². The lowest BCUT2D eigenvalue weighted by molar-refractivity contribution is -0.385. The first-order valence-electron chi connectivity index (χ1n) is 6.02.